The van der Waals surface area contributed by atoms with Crippen molar-refractivity contribution in [2.45, 2.75) is 6.54 Å². The molecular formula is C16H12N2O6. The molecule has 2 aromatic carbocycles. The number of carboxylic acids is 1. The van der Waals surface area contributed by atoms with E-state index in [0.717, 1.165) is 0 Å². The van der Waals surface area contributed by atoms with Gasteiger partial charge in [-0.15, -0.1) is 0 Å². The molecule has 24 heavy (non-hydrogen) atoms. The van der Waals surface area contributed by atoms with Crippen molar-refractivity contribution in [3.8, 4) is 5.75 Å². The van der Waals surface area contributed by atoms with E-state index in [-0.39, 0.29) is 30.3 Å². The van der Waals surface area contributed by atoms with Crippen molar-refractivity contribution in [2.24, 2.45) is 0 Å². The Kier molecular flexibility index (Phi) is 3.87. The van der Waals surface area contributed by atoms with Gasteiger partial charge in [0.15, 0.2) is 6.61 Å². The zero-order valence-corrected chi connectivity index (χ0v) is 12.3. The number of amides is 1. The topological polar surface area (TPSA) is 110 Å². The molecule has 0 unspecified atom stereocenters. The van der Waals surface area contributed by atoms with E-state index in [1.165, 1.54) is 35.2 Å². The Morgan fingerprint density at radius 3 is 2.79 bits per heavy atom. The molecular weight excluding hydrogens is 316 g/mol. The number of carbonyl (C=O) groups excluding carboxylic acids is 1. The minimum Gasteiger partial charge on any atom is -0.482 e. The standard InChI is InChI=1S/C16H12N2O6/c19-15-9-24-14-5-4-12(18(22)23)7-13(14)17(15)8-10-2-1-3-11(6-10)16(20)21/h1-7H,8-9H2,(H,20,21). The third-order valence-electron chi connectivity index (χ3n) is 3.61. The highest BCUT2D eigenvalue weighted by Crippen LogP contribution is 2.36. The number of nitro benzene ring substituents is 1. The first-order valence-electron chi connectivity index (χ1n) is 6.99. The fourth-order valence-electron chi connectivity index (χ4n) is 2.46. The highest BCUT2D eigenvalue weighted by atomic mass is 16.6. The summed E-state index contributed by atoms with van der Waals surface area (Å²) >= 11 is 0. The summed E-state index contributed by atoms with van der Waals surface area (Å²) < 4.78 is 5.29. The van der Waals surface area contributed by atoms with Crippen molar-refractivity contribution in [1.82, 2.24) is 0 Å². The van der Waals surface area contributed by atoms with Crippen LogP contribution >= 0.6 is 0 Å². The Morgan fingerprint density at radius 2 is 2.08 bits per heavy atom. The van der Waals surface area contributed by atoms with Crippen LogP contribution in [0.2, 0.25) is 0 Å². The van der Waals surface area contributed by atoms with Crippen molar-refractivity contribution in [3.63, 3.8) is 0 Å². The molecule has 1 N–H and O–H groups in total. The van der Waals surface area contributed by atoms with E-state index in [4.69, 9.17) is 9.84 Å². The Balaban J connectivity index is 1.98. The molecule has 1 aliphatic heterocycles. The molecule has 0 spiro atoms. The van der Waals surface area contributed by atoms with Crippen molar-refractivity contribution in [1.29, 1.82) is 0 Å². The molecule has 1 amide bonds. The number of nitro groups is 1. The van der Waals surface area contributed by atoms with Crippen LogP contribution in [0.5, 0.6) is 5.75 Å². The van der Waals surface area contributed by atoms with Crippen LogP contribution in [0.15, 0.2) is 42.5 Å². The third kappa shape index (κ3) is 2.89. The van der Waals surface area contributed by atoms with Crippen LogP contribution in [0.25, 0.3) is 0 Å². The Bertz CT molecular complexity index is 848. The number of hydrogen-bond acceptors (Lipinski definition) is 5. The van der Waals surface area contributed by atoms with Gasteiger partial charge in [0, 0.05) is 12.1 Å². The van der Waals surface area contributed by atoms with Crippen molar-refractivity contribution in [2.75, 3.05) is 11.5 Å². The average molecular weight is 328 g/mol. The SMILES string of the molecule is O=C(O)c1cccc(CN2C(=O)COc3ccc([N+](=O)[O-])cc32)c1. The number of carboxylic acid groups (broad SMARTS) is 1. The number of nitrogens with zero attached hydrogens (tertiary/aromatic N) is 2. The maximum Gasteiger partial charge on any atom is 0.335 e. The van der Waals surface area contributed by atoms with Crippen LogP contribution in [0.3, 0.4) is 0 Å². The molecule has 0 atom stereocenters. The van der Waals surface area contributed by atoms with Crippen LogP contribution in [0, 0.1) is 10.1 Å². The van der Waals surface area contributed by atoms with E-state index >= 15 is 0 Å². The Hall–Kier alpha value is -3.42. The summed E-state index contributed by atoms with van der Waals surface area (Å²) in [6.07, 6.45) is 0. The molecule has 0 fully saturated rings. The van der Waals surface area contributed by atoms with E-state index in [9.17, 15) is 19.7 Å². The number of non-ortho nitro benzene ring substituents is 1. The van der Waals surface area contributed by atoms with Gasteiger partial charge in [0.2, 0.25) is 0 Å². The number of anilines is 1. The van der Waals surface area contributed by atoms with Crippen molar-refractivity contribution >= 4 is 23.3 Å². The smallest absolute Gasteiger partial charge is 0.335 e. The van der Waals surface area contributed by atoms with Gasteiger partial charge in [-0.1, -0.05) is 12.1 Å². The Labute approximate surface area is 136 Å². The van der Waals surface area contributed by atoms with Gasteiger partial charge in [-0.25, -0.2) is 4.79 Å². The van der Waals surface area contributed by atoms with Crippen LogP contribution < -0.4 is 9.64 Å². The van der Waals surface area contributed by atoms with E-state index in [1.54, 1.807) is 12.1 Å². The molecule has 122 valence electrons. The normalized spacial score (nSPS) is 13.2. The van der Waals surface area contributed by atoms with Gasteiger partial charge >= 0.3 is 5.97 Å². The van der Waals surface area contributed by atoms with Crippen LogP contribution in [0.1, 0.15) is 15.9 Å². The summed E-state index contributed by atoms with van der Waals surface area (Å²) in [4.78, 5) is 35.0. The lowest BCUT2D eigenvalue weighted by atomic mass is 10.1. The van der Waals surface area contributed by atoms with Crippen LogP contribution in [0.4, 0.5) is 11.4 Å². The lowest BCUT2D eigenvalue weighted by Gasteiger charge is -2.29. The second-order valence-electron chi connectivity index (χ2n) is 5.18. The van der Waals surface area contributed by atoms with Crippen molar-refractivity contribution in [3.05, 3.63) is 63.7 Å². The Morgan fingerprint density at radius 1 is 1.29 bits per heavy atom. The zero-order valence-electron chi connectivity index (χ0n) is 12.3. The summed E-state index contributed by atoms with van der Waals surface area (Å²) in [6.45, 7) is -0.0824. The van der Waals surface area contributed by atoms with Gasteiger partial charge in [0.1, 0.15) is 5.75 Å². The molecule has 3 rings (SSSR count). The molecule has 0 aromatic heterocycles. The van der Waals surface area contributed by atoms with Gasteiger partial charge in [-0.2, -0.15) is 0 Å². The number of rotatable bonds is 4. The number of benzene rings is 2. The monoisotopic (exact) mass is 328 g/mol. The molecule has 0 saturated heterocycles. The summed E-state index contributed by atoms with van der Waals surface area (Å²) in [5.74, 6) is -1.06. The summed E-state index contributed by atoms with van der Waals surface area (Å²) in [7, 11) is 0. The zero-order chi connectivity index (χ0) is 17.3. The molecule has 8 nitrogen and oxygen atoms in total. The van der Waals surface area contributed by atoms with E-state index in [0.29, 0.717) is 17.0 Å². The van der Waals surface area contributed by atoms with E-state index < -0.39 is 10.9 Å². The number of carbonyl (C=O) groups is 2. The highest BCUT2D eigenvalue weighted by Gasteiger charge is 2.27. The maximum absolute atomic E-state index is 12.2. The number of fused-ring (bicyclic) bond motifs is 1. The second-order valence-corrected chi connectivity index (χ2v) is 5.18. The predicted molar refractivity (Wildman–Crippen MR) is 83.2 cm³/mol. The van der Waals surface area contributed by atoms with Gasteiger partial charge in [0.05, 0.1) is 22.7 Å². The first-order chi connectivity index (χ1) is 11.5. The fraction of sp³-hybridized carbons (Fsp3) is 0.125. The van der Waals surface area contributed by atoms with Gasteiger partial charge < -0.3 is 14.7 Å². The quantitative estimate of drug-likeness (QED) is 0.680. The molecule has 1 heterocycles. The molecule has 1 aliphatic rings. The molecule has 0 aliphatic carbocycles. The highest BCUT2D eigenvalue weighted by molar-refractivity contribution is 5.98. The summed E-state index contributed by atoms with van der Waals surface area (Å²) in [6, 6.07) is 10.2. The number of ether oxygens (including phenoxy) is 1. The lowest BCUT2D eigenvalue weighted by Crippen LogP contribution is -2.38. The number of hydrogen-bond donors (Lipinski definition) is 1. The van der Waals surface area contributed by atoms with Gasteiger partial charge in [-0.3, -0.25) is 14.9 Å². The minimum absolute atomic E-state index is 0.0947. The van der Waals surface area contributed by atoms with Gasteiger partial charge in [0.25, 0.3) is 11.6 Å². The van der Waals surface area contributed by atoms with E-state index in [2.05, 4.69) is 0 Å². The summed E-state index contributed by atoms with van der Waals surface area (Å²) in [5, 5.41) is 20.0. The van der Waals surface area contributed by atoms with Crippen LogP contribution in [-0.2, 0) is 11.3 Å². The summed E-state index contributed by atoms with van der Waals surface area (Å²) in [5.41, 5.74) is 0.840. The molecule has 0 radical (unpaired) electrons. The maximum atomic E-state index is 12.2. The van der Waals surface area contributed by atoms with Crippen LogP contribution in [-0.4, -0.2) is 28.5 Å². The third-order valence-corrected chi connectivity index (χ3v) is 3.61. The minimum atomic E-state index is -1.07. The van der Waals surface area contributed by atoms with Gasteiger partial charge in [-0.05, 0) is 23.8 Å². The molecule has 8 heteroatoms. The molecule has 2 aromatic rings. The van der Waals surface area contributed by atoms with E-state index in [1.807, 2.05) is 0 Å². The second kappa shape index (κ2) is 5.99. The predicted octanol–water partition coefficient (Wildman–Crippen LogP) is 2.22. The largest absolute Gasteiger partial charge is 0.482 e. The molecule has 0 saturated carbocycles. The average Bonchev–Trinajstić information content (AvgIpc) is 2.57. The first-order valence-corrected chi connectivity index (χ1v) is 6.99. The number of aromatic carboxylic acids is 1. The fourth-order valence-corrected chi connectivity index (χ4v) is 2.46. The lowest BCUT2D eigenvalue weighted by molar-refractivity contribution is -0.384. The molecule has 0 bridgehead atoms. The first kappa shape index (κ1) is 15.5. The van der Waals surface area contributed by atoms with Crippen molar-refractivity contribution < 1.29 is 24.4 Å².